The summed E-state index contributed by atoms with van der Waals surface area (Å²) >= 11 is 0. The second-order valence-corrected chi connectivity index (χ2v) is 7.83. The van der Waals surface area contributed by atoms with Crippen molar-refractivity contribution in [3.05, 3.63) is 24.7 Å². The zero-order valence-corrected chi connectivity index (χ0v) is 19.8. The molecule has 6 atom stereocenters. The Labute approximate surface area is 190 Å². The first kappa shape index (κ1) is 27.9. The van der Waals surface area contributed by atoms with Crippen LogP contribution in [-0.4, -0.2) is 47.6 Å². The summed E-state index contributed by atoms with van der Waals surface area (Å²) in [6, 6.07) is 0. The summed E-state index contributed by atoms with van der Waals surface area (Å²) in [6.07, 6.45) is -3.17. The van der Waals surface area contributed by atoms with Gasteiger partial charge in [0.25, 0.3) is 0 Å². The smallest absolute Gasteiger partial charge is 0.306 e. The highest BCUT2D eigenvalue weighted by Gasteiger charge is 2.55. The van der Waals surface area contributed by atoms with Gasteiger partial charge in [-0.3, -0.25) is 9.59 Å². The molecule has 9 heteroatoms. The maximum Gasteiger partial charge on any atom is 0.306 e. The largest absolute Gasteiger partial charge is 0.458 e. The molecule has 1 rings (SSSR count). The van der Waals surface area contributed by atoms with E-state index in [0.29, 0.717) is 37.2 Å². The average Bonchev–Trinajstić information content (AvgIpc) is 2.76. The first-order chi connectivity index (χ1) is 15.2. The molecule has 1 aliphatic carbocycles. The second-order valence-electron chi connectivity index (χ2n) is 7.83. The van der Waals surface area contributed by atoms with E-state index in [4.69, 9.17) is 29.0 Å². The van der Waals surface area contributed by atoms with Crippen LogP contribution in [0.25, 0.3) is 0 Å². The van der Waals surface area contributed by atoms with Crippen molar-refractivity contribution in [3.63, 3.8) is 0 Å². The van der Waals surface area contributed by atoms with Crippen LogP contribution in [0.15, 0.2) is 24.7 Å². The number of aliphatic hydroxyl groups excluding tert-OH is 1. The number of hydrogen-bond donors (Lipinski definition) is 1. The van der Waals surface area contributed by atoms with Crippen molar-refractivity contribution in [1.29, 1.82) is 0 Å². The third-order valence-electron chi connectivity index (χ3n) is 5.14. The van der Waals surface area contributed by atoms with Crippen molar-refractivity contribution in [2.24, 2.45) is 5.92 Å². The Morgan fingerprint density at radius 2 is 1.19 bits per heavy atom. The fourth-order valence-corrected chi connectivity index (χ4v) is 3.12. The molecule has 0 amide bonds. The second kappa shape index (κ2) is 14.1. The van der Waals surface area contributed by atoms with E-state index < -0.39 is 48.4 Å². The van der Waals surface area contributed by atoms with Crippen molar-refractivity contribution in [3.8, 4) is 0 Å². The van der Waals surface area contributed by atoms with E-state index in [2.05, 4.69) is 13.2 Å². The highest BCUT2D eigenvalue weighted by Crippen LogP contribution is 2.35. The van der Waals surface area contributed by atoms with Gasteiger partial charge in [-0.05, 0) is 12.8 Å². The van der Waals surface area contributed by atoms with Crippen LogP contribution in [0.5, 0.6) is 0 Å². The number of aliphatic hydroxyl groups is 1. The van der Waals surface area contributed by atoms with Crippen LogP contribution in [0.2, 0.25) is 0 Å². The molecule has 0 radical (unpaired) electrons. The maximum atomic E-state index is 12.3. The Balaban J connectivity index is 3.23. The number of hydrogen-bond acceptors (Lipinski definition) is 9. The summed E-state index contributed by atoms with van der Waals surface area (Å²) < 4.78 is 11.1. The quantitative estimate of drug-likeness (QED) is 0.179. The molecule has 32 heavy (non-hydrogen) atoms. The highest BCUT2D eigenvalue weighted by atomic mass is 17.2. The molecule has 0 aromatic heterocycles. The van der Waals surface area contributed by atoms with Crippen LogP contribution in [0, 0.1) is 5.92 Å². The zero-order chi connectivity index (χ0) is 24.3. The highest BCUT2D eigenvalue weighted by molar-refractivity contribution is 5.70. The number of carbonyl (C=O) groups is 2. The van der Waals surface area contributed by atoms with E-state index >= 15 is 0 Å². The molecule has 1 aliphatic rings. The number of allylic oxidation sites excluding steroid dienone is 2. The van der Waals surface area contributed by atoms with Gasteiger partial charge in [0.2, 0.25) is 0 Å². The van der Waals surface area contributed by atoms with Crippen molar-refractivity contribution < 1.29 is 43.7 Å². The fraction of sp³-hybridized carbons (Fsp3) is 0.739. The molecule has 0 bridgehead atoms. The molecular weight excluding hydrogens is 420 g/mol. The summed E-state index contributed by atoms with van der Waals surface area (Å²) in [4.78, 5) is 46.0. The number of esters is 2. The Morgan fingerprint density at radius 1 is 0.750 bits per heavy atom. The van der Waals surface area contributed by atoms with E-state index in [1.165, 1.54) is 0 Å². The minimum absolute atomic E-state index is 0.154. The van der Waals surface area contributed by atoms with Crippen molar-refractivity contribution in [2.45, 2.75) is 104 Å². The molecule has 0 aromatic carbocycles. The van der Waals surface area contributed by atoms with Gasteiger partial charge in [-0.1, -0.05) is 47.8 Å². The number of carbonyl (C=O) groups excluding carboxylic acids is 2. The van der Waals surface area contributed by atoms with Gasteiger partial charge in [-0.2, -0.15) is 9.78 Å². The van der Waals surface area contributed by atoms with Gasteiger partial charge in [-0.15, -0.1) is 0 Å². The lowest BCUT2D eigenvalue weighted by Gasteiger charge is -2.45. The third-order valence-corrected chi connectivity index (χ3v) is 5.14. The van der Waals surface area contributed by atoms with E-state index in [1.807, 2.05) is 27.7 Å². The molecule has 6 unspecified atom stereocenters. The topological polar surface area (TPSA) is 110 Å². The van der Waals surface area contributed by atoms with E-state index in [-0.39, 0.29) is 12.8 Å². The minimum atomic E-state index is -1.43. The maximum absolute atomic E-state index is 12.3. The van der Waals surface area contributed by atoms with Crippen LogP contribution in [0.1, 0.15) is 73.1 Å². The Hall–Kier alpha value is -2.10. The van der Waals surface area contributed by atoms with Crippen LogP contribution >= 0.6 is 0 Å². The molecule has 1 N–H and O–H groups in total. The predicted octanol–water partition coefficient (Wildman–Crippen LogP) is 3.90. The molecule has 0 aromatic rings. The van der Waals surface area contributed by atoms with Gasteiger partial charge < -0.3 is 24.4 Å². The van der Waals surface area contributed by atoms with Gasteiger partial charge in [0.1, 0.15) is 29.8 Å². The van der Waals surface area contributed by atoms with E-state index in [1.54, 1.807) is 6.92 Å². The molecule has 0 spiro atoms. The normalized spacial score (nSPS) is 27.3. The average molecular weight is 459 g/mol. The molecular formula is C23H38O9. The Bertz CT molecular complexity index is 579. The lowest BCUT2D eigenvalue weighted by Crippen LogP contribution is -2.63. The van der Waals surface area contributed by atoms with Gasteiger partial charge in [-0.25, -0.2) is 0 Å². The predicted molar refractivity (Wildman–Crippen MR) is 116 cm³/mol. The van der Waals surface area contributed by atoms with Crippen LogP contribution in [-0.2, 0) is 38.6 Å². The van der Waals surface area contributed by atoms with Crippen molar-refractivity contribution in [1.82, 2.24) is 0 Å². The lowest BCUT2D eigenvalue weighted by atomic mass is 9.79. The molecule has 9 nitrogen and oxygen atoms in total. The molecule has 0 aliphatic heterocycles. The Morgan fingerprint density at radius 3 is 1.62 bits per heavy atom. The van der Waals surface area contributed by atoms with Gasteiger partial charge in [0, 0.05) is 31.6 Å². The summed E-state index contributed by atoms with van der Waals surface area (Å²) in [6.45, 7) is 16.5. The van der Waals surface area contributed by atoms with Crippen molar-refractivity contribution in [2.75, 3.05) is 0 Å². The minimum Gasteiger partial charge on any atom is -0.458 e. The summed E-state index contributed by atoms with van der Waals surface area (Å²) in [5.41, 5.74) is 0. The van der Waals surface area contributed by atoms with Gasteiger partial charge >= 0.3 is 11.9 Å². The summed E-state index contributed by atoms with van der Waals surface area (Å²) in [5.74, 6) is -0.890. The summed E-state index contributed by atoms with van der Waals surface area (Å²) in [7, 11) is 0. The van der Waals surface area contributed by atoms with Gasteiger partial charge in [0.05, 0.1) is 0 Å². The molecule has 1 saturated carbocycles. The van der Waals surface area contributed by atoms with Crippen LogP contribution in [0.4, 0.5) is 0 Å². The molecule has 184 valence electrons. The first-order valence-corrected chi connectivity index (χ1v) is 11.3. The Kier molecular flexibility index (Phi) is 12.3. The lowest BCUT2D eigenvalue weighted by molar-refractivity contribution is -0.404. The van der Waals surface area contributed by atoms with E-state index in [0.717, 1.165) is 0 Å². The van der Waals surface area contributed by atoms with Gasteiger partial charge in [0.15, 0.2) is 12.2 Å². The number of ether oxygens (including phenoxy) is 2. The monoisotopic (exact) mass is 458 g/mol. The zero-order valence-electron chi connectivity index (χ0n) is 19.8. The SMILES string of the molecule is C=C(CC)OOC1C(C)C(OC(=O)CCC)C(OC(=O)CCC)C(O)C1OOC(=C)CC. The molecule has 0 heterocycles. The van der Waals surface area contributed by atoms with Crippen LogP contribution in [0.3, 0.4) is 0 Å². The first-order valence-electron chi connectivity index (χ1n) is 11.3. The molecule has 0 saturated heterocycles. The third kappa shape index (κ3) is 8.11. The van der Waals surface area contributed by atoms with Crippen LogP contribution < -0.4 is 0 Å². The fourth-order valence-electron chi connectivity index (χ4n) is 3.12. The van der Waals surface area contributed by atoms with Crippen molar-refractivity contribution >= 4 is 11.9 Å². The number of rotatable bonds is 14. The standard InChI is InChI=1S/C23H38O9/c1-8-12-17(24)27-20-16(7)21(31-29-14(5)10-3)23(32-30-15(6)11-4)19(26)22(20)28-18(25)13-9-2/h16,19-23,26H,5-6,8-13H2,1-4,7H3. The summed E-state index contributed by atoms with van der Waals surface area (Å²) in [5, 5.41) is 11.1. The molecule has 1 fully saturated rings. The van der Waals surface area contributed by atoms with E-state index in [9.17, 15) is 14.7 Å².